The van der Waals surface area contributed by atoms with E-state index in [1.165, 1.54) is 0 Å². The Labute approximate surface area is 173 Å². The van der Waals surface area contributed by atoms with Gasteiger partial charge in [-0.15, -0.1) is 0 Å². The fraction of sp³-hybridized carbons (Fsp3) is 0.130. The van der Waals surface area contributed by atoms with Crippen molar-refractivity contribution in [2.75, 3.05) is 0 Å². The van der Waals surface area contributed by atoms with Gasteiger partial charge >= 0.3 is 0 Å². The predicted molar refractivity (Wildman–Crippen MR) is 113 cm³/mol. The van der Waals surface area contributed by atoms with E-state index in [4.69, 9.17) is 0 Å². The maximum atomic E-state index is 12.8. The fourth-order valence-electron chi connectivity index (χ4n) is 3.20. The highest BCUT2D eigenvalue weighted by Crippen LogP contribution is 2.14. The smallest absolute Gasteiger partial charge is 0.287 e. The van der Waals surface area contributed by atoms with Crippen LogP contribution in [0.3, 0.4) is 0 Å². The second-order valence-corrected chi connectivity index (χ2v) is 6.89. The second kappa shape index (κ2) is 8.57. The first-order valence-electron chi connectivity index (χ1n) is 9.60. The Morgan fingerprint density at radius 2 is 1.73 bits per heavy atom. The monoisotopic (exact) mass is 399 g/mol. The highest BCUT2D eigenvalue weighted by Gasteiger charge is 2.21. The summed E-state index contributed by atoms with van der Waals surface area (Å²) in [4.78, 5) is 34.0. The molecule has 2 amide bonds. The number of fused-ring (bicyclic) bond motifs is 1. The van der Waals surface area contributed by atoms with Crippen molar-refractivity contribution in [1.29, 1.82) is 0 Å². The molecule has 0 saturated carbocycles. The highest BCUT2D eigenvalue weighted by molar-refractivity contribution is 6.02. The Hall–Kier alpha value is -4.00. The number of pyridine rings is 2. The number of nitrogens with one attached hydrogen (secondary N) is 2. The third kappa shape index (κ3) is 4.05. The van der Waals surface area contributed by atoms with Crippen LogP contribution in [-0.2, 0) is 13.1 Å². The SMILES string of the molecule is Cc1ccccc1CNC(=O)c1nc(C(=O)NCc2cccnc2)n2ccccc12. The van der Waals surface area contributed by atoms with Gasteiger partial charge in [-0.2, -0.15) is 0 Å². The maximum absolute atomic E-state index is 12.8. The normalized spacial score (nSPS) is 10.7. The van der Waals surface area contributed by atoms with Crippen LogP contribution in [-0.4, -0.2) is 26.2 Å². The van der Waals surface area contributed by atoms with E-state index in [0.29, 0.717) is 18.6 Å². The molecule has 0 radical (unpaired) electrons. The molecule has 0 spiro atoms. The van der Waals surface area contributed by atoms with Crippen molar-refractivity contribution in [2.45, 2.75) is 20.0 Å². The molecule has 1 aromatic carbocycles. The molecule has 30 heavy (non-hydrogen) atoms. The summed E-state index contributed by atoms with van der Waals surface area (Å²) in [6, 6.07) is 16.9. The Morgan fingerprint density at radius 3 is 2.53 bits per heavy atom. The summed E-state index contributed by atoms with van der Waals surface area (Å²) in [6.07, 6.45) is 5.09. The molecule has 7 nitrogen and oxygen atoms in total. The van der Waals surface area contributed by atoms with E-state index in [1.54, 1.807) is 35.1 Å². The van der Waals surface area contributed by atoms with Crippen molar-refractivity contribution in [2.24, 2.45) is 0 Å². The van der Waals surface area contributed by atoms with E-state index in [9.17, 15) is 9.59 Å². The number of amides is 2. The van der Waals surface area contributed by atoms with Gasteiger partial charge in [0.15, 0.2) is 5.69 Å². The van der Waals surface area contributed by atoms with Crippen molar-refractivity contribution >= 4 is 17.3 Å². The number of hydrogen-bond donors (Lipinski definition) is 2. The molecule has 0 aliphatic carbocycles. The average molecular weight is 399 g/mol. The van der Waals surface area contributed by atoms with Crippen molar-refractivity contribution < 1.29 is 9.59 Å². The van der Waals surface area contributed by atoms with E-state index in [1.807, 2.05) is 49.4 Å². The minimum Gasteiger partial charge on any atom is -0.347 e. The van der Waals surface area contributed by atoms with Crippen molar-refractivity contribution in [1.82, 2.24) is 25.0 Å². The van der Waals surface area contributed by atoms with Gasteiger partial charge in [0.05, 0.1) is 5.52 Å². The highest BCUT2D eigenvalue weighted by atomic mass is 16.2. The molecule has 150 valence electrons. The van der Waals surface area contributed by atoms with E-state index < -0.39 is 0 Å². The molecule has 0 atom stereocenters. The minimum absolute atomic E-state index is 0.163. The molecule has 0 fully saturated rings. The van der Waals surface area contributed by atoms with Crippen molar-refractivity contribution in [3.63, 3.8) is 0 Å². The zero-order chi connectivity index (χ0) is 20.9. The first-order valence-corrected chi connectivity index (χ1v) is 9.60. The second-order valence-electron chi connectivity index (χ2n) is 6.89. The number of imidazole rings is 1. The quantitative estimate of drug-likeness (QED) is 0.522. The topological polar surface area (TPSA) is 88.4 Å². The van der Waals surface area contributed by atoms with Crippen LogP contribution in [0.25, 0.3) is 5.52 Å². The predicted octanol–water partition coefficient (Wildman–Crippen LogP) is 2.90. The van der Waals surface area contributed by atoms with Gasteiger partial charge in [-0.3, -0.25) is 19.0 Å². The molecule has 0 unspecified atom stereocenters. The van der Waals surface area contributed by atoms with Gasteiger partial charge in [0, 0.05) is 31.7 Å². The number of hydrogen-bond acceptors (Lipinski definition) is 4. The number of carbonyl (C=O) groups excluding carboxylic acids is 2. The summed E-state index contributed by atoms with van der Waals surface area (Å²) >= 11 is 0. The van der Waals surface area contributed by atoms with Crippen LogP contribution in [0.2, 0.25) is 0 Å². The molecule has 2 N–H and O–H groups in total. The van der Waals surface area contributed by atoms with Gasteiger partial charge < -0.3 is 10.6 Å². The summed E-state index contributed by atoms with van der Waals surface area (Å²) in [5, 5.41) is 5.73. The molecule has 0 aliphatic heterocycles. The number of aromatic nitrogens is 3. The molecule has 3 aromatic heterocycles. The van der Waals surface area contributed by atoms with Gasteiger partial charge in [0.1, 0.15) is 0 Å². The standard InChI is InChI=1S/C23H21N5O2/c1-16-7-2-3-9-18(16)15-26-22(29)20-19-10-4-5-12-28(19)21(27-20)23(30)25-14-17-8-6-11-24-13-17/h2-13H,14-15H2,1H3,(H,25,30)(H,26,29). The Bertz CT molecular complexity index is 1200. The van der Waals surface area contributed by atoms with Crippen LogP contribution in [0.5, 0.6) is 0 Å². The zero-order valence-electron chi connectivity index (χ0n) is 16.5. The lowest BCUT2D eigenvalue weighted by Gasteiger charge is -2.06. The van der Waals surface area contributed by atoms with Gasteiger partial charge in [-0.25, -0.2) is 4.98 Å². The Kier molecular flexibility index (Phi) is 5.52. The lowest BCUT2D eigenvalue weighted by Crippen LogP contribution is -2.26. The molecular formula is C23H21N5O2. The van der Waals surface area contributed by atoms with E-state index in [0.717, 1.165) is 16.7 Å². The van der Waals surface area contributed by atoms with Crippen LogP contribution in [0.4, 0.5) is 0 Å². The summed E-state index contributed by atoms with van der Waals surface area (Å²) in [5.74, 6) is -0.526. The van der Waals surface area contributed by atoms with Gasteiger partial charge in [-0.1, -0.05) is 36.4 Å². The summed E-state index contributed by atoms with van der Waals surface area (Å²) in [6.45, 7) is 2.71. The Morgan fingerprint density at radius 1 is 0.933 bits per heavy atom. The number of aryl methyl sites for hydroxylation is 1. The lowest BCUT2D eigenvalue weighted by molar-refractivity contribution is 0.0939. The maximum Gasteiger partial charge on any atom is 0.287 e. The molecule has 7 heteroatoms. The molecule has 0 bridgehead atoms. The number of nitrogens with zero attached hydrogens (tertiary/aromatic N) is 3. The van der Waals surface area contributed by atoms with Crippen LogP contribution in [0, 0.1) is 6.92 Å². The van der Waals surface area contributed by atoms with Crippen LogP contribution in [0.1, 0.15) is 37.8 Å². The number of carbonyl (C=O) groups is 2. The Balaban J connectivity index is 1.55. The lowest BCUT2D eigenvalue weighted by atomic mass is 10.1. The van der Waals surface area contributed by atoms with Crippen molar-refractivity contribution in [3.8, 4) is 0 Å². The van der Waals surface area contributed by atoms with Crippen LogP contribution < -0.4 is 10.6 Å². The van der Waals surface area contributed by atoms with Crippen molar-refractivity contribution in [3.05, 3.63) is 101 Å². The molecule has 3 heterocycles. The molecule has 4 aromatic rings. The van der Waals surface area contributed by atoms with E-state index in [-0.39, 0.29) is 23.3 Å². The van der Waals surface area contributed by atoms with Crippen LogP contribution >= 0.6 is 0 Å². The largest absolute Gasteiger partial charge is 0.347 e. The zero-order valence-corrected chi connectivity index (χ0v) is 16.5. The van der Waals surface area contributed by atoms with E-state index >= 15 is 0 Å². The van der Waals surface area contributed by atoms with Gasteiger partial charge in [-0.05, 0) is 41.8 Å². The first kappa shape index (κ1) is 19.3. The summed E-state index contributed by atoms with van der Waals surface area (Å²) < 4.78 is 1.63. The van der Waals surface area contributed by atoms with E-state index in [2.05, 4.69) is 20.6 Å². The number of rotatable bonds is 6. The third-order valence-electron chi connectivity index (χ3n) is 4.84. The summed E-state index contributed by atoms with van der Waals surface area (Å²) in [5.41, 5.74) is 3.80. The van der Waals surface area contributed by atoms with Gasteiger partial charge in [0.25, 0.3) is 11.8 Å². The fourth-order valence-corrected chi connectivity index (χ4v) is 3.20. The van der Waals surface area contributed by atoms with Crippen LogP contribution in [0.15, 0.2) is 73.2 Å². The first-order chi connectivity index (χ1) is 14.6. The number of benzene rings is 1. The average Bonchev–Trinajstić information content (AvgIpc) is 3.17. The third-order valence-corrected chi connectivity index (χ3v) is 4.84. The molecular weight excluding hydrogens is 378 g/mol. The summed E-state index contributed by atoms with van der Waals surface area (Å²) in [7, 11) is 0. The molecule has 0 saturated heterocycles. The molecule has 4 rings (SSSR count). The van der Waals surface area contributed by atoms with Gasteiger partial charge in [0.2, 0.25) is 5.82 Å². The molecule has 0 aliphatic rings. The minimum atomic E-state index is -0.363.